The van der Waals surface area contributed by atoms with Gasteiger partial charge in [-0.2, -0.15) is 5.10 Å². The molecule has 3 N–H and O–H groups in total. The van der Waals surface area contributed by atoms with Gasteiger partial charge in [0, 0.05) is 6.54 Å². The van der Waals surface area contributed by atoms with E-state index < -0.39 is 5.91 Å². The van der Waals surface area contributed by atoms with Crippen LogP contribution in [0.2, 0.25) is 0 Å². The summed E-state index contributed by atoms with van der Waals surface area (Å²) in [5.74, 6) is -0.276. The molecule has 6 nitrogen and oxygen atoms in total. The van der Waals surface area contributed by atoms with Gasteiger partial charge in [-0.1, -0.05) is 26.0 Å². The Morgan fingerprint density at radius 2 is 2.00 bits per heavy atom. The predicted molar refractivity (Wildman–Crippen MR) is 78.7 cm³/mol. The summed E-state index contributed by atoms with van der Waals surface area (Å²) in [5.41, 5.74) is 1.91. The Hall–Kier alpha value is -2.34. The number of hydrogen-bond acceptors (Lipinski definition) is 4. The molecule has 1 aromatic heterocycles. The van der Waals surface area contributed by atoms with Crippen molar-refractivity contribution in [1.82, 2.24) is 15.1 Å². The number of carbonyl (C=O) groups excluding carboxylic acids is 1. The van der Waals surface area contributed by atoms with Crippen LogP contribution in [0.25, 0.3) is 5.69 Å². The van der Waals surface area contributed by atoms with Crippen LogP contribution in [0.15, 0.2) is 30.5 Å². The molecule has 2 aromatic rings. The van der Waals surface area contributed by atoms with Gasteiger partial charge in [0.25, 0.3) is 5.91 Å². The number of aromatic nitrogens is 2. The summed E-state index contributed by atoms with van der Waals surface area (Å²) in [5, 5.41) is 25.0. The summed E-state index contributed by atoms with van der Waals surface area (Å²) in [6, 6.07) is 7.75. The van der Waals surface area contributed by atoms with E-state index in [1.807, 2.05) is 24.3 Å². The third-order valence-corrected chi connectivity index (χ3v) is 3.13. The molecule has 0 unspecified atom stereocenters. The van der Waals surface area contributed by atoms with E-state index in [2.05, 4.69) is 24.3 Å². The van der Waals surface area contributed by atoms with Crippen molar-refractivity contribution in [3.63, 3.8) is 0 Å². The third kappa shape index (κ3) is 3.41. The molecule has 6 heteroatoms. The number of aliphatic hydroxyl groups is 1. The van der Waals surface area contributed by atoms with Crippen LogP contribution < -0.4 is 5.32 Å². The molecule has 0 aliphatic carbocycles. The number of nitrogens with zero attached hydrogens (tertiary/aromatic N) is 2. The Morgan fingerprint density at radius 1 is 1.33 bits per heavy atom. The summed E-state index contributed by atoms with van der Waals surface area (Å²) in [6.07, 6.45) is 1.39. The minimum atomic E-state index is -0.515. The summed E-state index contributed by atoms with van der Waals surface area (Å²) in [7, 11) is 0. The second-order valence-corrected chi connectivity index (χ2v) is 5.03. The van der Waals surface area contributed by atoms with Crippen LogP contribution in [-0.4, -0.2) is 39.1 Å². The Kier molecular flexibility index (Phi) is 4.59. The Balaban J connectivity index is 2.23. The quantitative estimate of drug-likeness (QED) is 0.777. The number of amides is 1. The minimum Gasteiger partial charge on any atom is -0.504 e. The number of aromatic hydroxyl groups is 1. The van der Waals surface area contributed by atoms with Crippen molar-refractivity contribution >= 4 is 5.91 Å². The van der Waals surface area contributed by atoms with Crippen molar-refractivity contribution in [3.05, 3.63) is 41.7 Å². The lowest BCUT2D eigenvalue weighted by Gasteiger charge is -2.06. The van der Waals surface area contributed by atoms with E-state index in [0.29, 0.717) is 5.92 Å². The number of nitrogens with one attached hydrogen (secondary N) is 1. The molecule has 0 atom stereocenters. The van der Waals surface area contributed by atoms with Crippen LogP contribution >= 0.6 is 0 Å². The largest absolute Gasteiger partial charge is 0.504 e. The van der Waals surface area contributed by atoms with Gasteiger partial charge >= 0.3 is 0 Å². The molecule has 0 spiro atoms. The molecule has 0 bridgehead atoms. The fraction of sp³-hybridized carbons (Fsp3) is 0.333. The van der Waals surface area contributed by atoms with Gasteiger partial charge in [-0.3, -0.25) is 4.79 Å². The normalized spacial score (nSPS) is 10.9. The van der Waals surface area contributed by atoms with Gasteiger partial charge in [0.1, 0.15) is 0 Å². The first kappa shape index (κ1) is 15.1. The monoisotopic (exact) mass is 289 g/mol. The van der Waals surface area contributed by atoms with Crippen LogP contribution in [0.3, 0.4) is 0 Å². The van der Waals surface area contributed by atoms with E-state index in [1.54, 1.807) is 0 Å². The predicted octanol–water partition coefficient (Wildman–Crippen LogP) is 1.42. The third-order valence-electron chi connectivity index (χ3n) is 3.13. The van der Waals surface area contributed by atoms with Crippen molar-refractivity contribution < 1.29 is 15.0 Å². The maximum absolute atomic E-state index is 11.8. The van der Waals surface area contributed by atoms with Gasteiger partial charge in [-0.05, 0) is 23.6 Å². The van der Waals surface area contributed by atoms with E-state index in [1.165, 1.54) is 16.4 Å². The summed E-state index contributed by atoms with van der Waals surface area (Å²) in [4.78, 5) is 11.8. The molecule has 0 saturated carbocycles. The highest BCUT2D eigenvalue weighted by atomic mass is 16.3. The molecule has 0 radical (unpaired) electrons. The second kappa shape index (κ2) is 6.41. The zero-order chi connectivity index (χ0) is 15.4. The summed E-state index contributed by atoms with van der Waals surface area (Å²) >= 11 is 0. The summed E-state index contributed by atoms with van der Waals surface area (Å²) in [6.45, 7) is 4.18. The Morgan fingerprint density at radius 3 is 2.57 bits per heavy atom. The van der Waals surface area contributed by atoms with Crippen molar-refractivity contribution in [2.75, 3.05) is 13.2 Å². The van der Waals surface area contributed by atoms with Gasteiger partial charge < -0.3 is 15.5 Å². The number of carbonyl (C=O) groups is 1. The molecule has 0 aliphatic heterocycles. The fourth-order valence-electron chi connectivity index (χ4n) is 1.92. The van der Waals surface area contributed by atoms with Crippen molar-refractivity contribution in [2.24, 2.45) is 0 Å². The number of aliphatic hydroxyl groups excluding tert-OH is 1. The topological polar surface area (TPSA) is 87.4 Å². The van der Waals surface area contributed by atoms with Crippen LogP contribution in [0.5, 0.6) is 5.75 Å². The number of rotatable bonds is 5. The van der Waals surface area contributed by atoms with E-state index in [9.17, 15) is 9.90 Å². The average molecular weight is 289 g/mol. The van der Waals surface area contributed by atoms with Gasteiger partial charge in [-0.15, -0.1) is 0 Å². The first-order chi connectivity index (χ1) is 10.0. The van der Waals surface area contributed by atoms with Crippen LogP contribution in [0, 0.1) is 0 Å². The molecule has 0 fully saturated rings. The highest BCUT2D eigenvalue weighted by Gasteiger charge is 2.16. The lowest BCUT2D eigenvalue weighted by molar-refractivity contribution is 0.0936. The molecule has 1 aromatic carbocycles. The molecule has 2 rings (SSSR count). The van der Waals surface area contributed by atoms with Gasteiger partial charge in [0.05, 0.1) is 18.5 Å². The maximum atomic E-state index is 11.8. The zero-order valence-corrected chi connectivity index (χ0v) is 12.1. The van der Waals surface area contributed by atoms with Gasteiger partial charge in [0.2, 0.25) is 0 Å². The maximum Gasteiger partial charge on any atom is 0.275 e. The lowest BCUT2D eigenvalue weighted by atomic mass is 10.0. The SMILES string of the molecule is CC(C)c1ccc(-n2cc(O)c(C(=O)NCCO)n2)cc1. The molecule has 112 valence electrons. The molecule has 1 amide bonds. The minimum absolute atomic E-state index is 0.0589. The van der Waals surface area contributed by atoms with E-state index in [0.717, 1.165) is 5.69 Å². The standard InChI is InChI=1S/C15H19N3O3/c1-10(2)11-3-5-12(6-4-11)18-9-13(20)14(17-18)15(21)16-7-8-19/h3-6,9-10,19-20H,7-8H2,1-2H3,(H,16,21). The van der Waals surface area contributed by atoms with E-state index in [-0.39, 0.29) is 24.6 Å². The lowest BCUT2D eigenvalue weighted by Crippen LogP contribution is -2.26. The first-order valence-corrected chi connectivity index (χ1v) is 6.81. The van der Waals surface area contributed by atoms with Crippen LogP contribution in [0.1, 0.15) is 35.8 Å². The van der Waals surface area contributed by atoms with E-state index >= 15 is 0 Å². The Labute approximate surface area is 123 Å². The highest BCUT2D eigenvalue weighted by molar-refractivity contribution is 5.94. The molecule has 21 heavy (non-hydrogen) atoms. The van der Waals surface area contributed by atoms with Crippen molar-refractivity contribution in [3.8, 4) is 11.4 Å². The van der Waals surface area contributed by atoms with Gasteiger partial charge in [-0.25, -0.2) is 4.68 Å². The second-order valence-electron chi connectivity index (χ2n) is 5.03. The average Bonchev–Trinajstić information content (AvgIpc) is 2.87. The summed E-state index contributed by atoms with van der Waals surface area (Å²) < 4.78 is 1.45. The molecule has 0 saturated heterocycles. The number of benzene rings is 1. The van der Waals surface area contributed by atoms with Gasteiger partial charge in [0.15, 0.2) is 11.4 Å². The number of hydrogen-bond donors (Lipinski definition) is 3. The van der Waals surface area contributed by atoms with Crippen LogP contribution in [-0.2, 0) is 0 Å². The highest BCUT2D eigenvalue weighted by Crippen LogP contribution is 2.20. The smallest absolute Gasteiger partial charge is 0.275 e. The zero-order valence-electron chi connectivity index (χ0n) is 12.1. The molecule has 1 heterocycles. The first-order valence-electron chi connectivity index (χ1n) is 6.81. The van der Waals surface area contributed by atoms with Crippen LogP contribution in [0.4, 0.5) is 0 Å². The van der Waals surface area contributed by atoms with Crippen molar-refractivity contribution in [2.45, 2.75) is 19.8 Å². The molecular weight excluding hydrogens is 270 g/mol. The fourth-order valence-corrected chi connectivity index (χ4v) is 1.92. The van der Waals surface area contributed by atoms with E-state index in [4.69, 9.17) is 5.11 Å². The molecule has 0 aliphatic rings. The van der Waals surface area contributed by atoms with Crippen molar-refractivity contribution in [1.29, 1.82) is 0 Å². The Bertz CT molecular complexity index is 618. The molecular formula is C15H19N3O3.